The lowest BCUT2D eigenvalue weighted by Crippen LogP contribution is -2.24. The largest absolute Gasteiger partial charge is 0.323 e. The summed E-state index contributed by atoms with van der Waals surface area (Å²) in [5.74, 6) is 0.619. The van der Waals surface area contributed by atoms with E-state index in [1.807, 2.05) is 18.3 Å². The van der Waals surface area contributed by atoms with Gasteiger partial charge in [0.1, 0.15) is 0 Å². The summed E-state index contributed by atoms with van der Waals surface area (Å²) in [7, 11) is 0. The maximum atomic E-state index is 4.53. The molecule has 2 aromatic heterocycles. The minimum Gasteiger partial charge on any atom is -0.323 e. The van der Waals surface area contributed by atoms with Crippen LogP contribution in [0.1, 0.15) is 11.1 Å². The number of nitrogens with one attached hydrogen (secondary N) is 2. The van der Waals surface area contributed by atoms with Crippen molar-refractivity contribution in [1.29, 1.82) is 0 Å². The third-order valence-corrected chi connectivity index (χ3v) is 4.32. The van der Waals surface area contributed by atoms with Crippen LogP contribution in [0.15, 0.2) is 41.0 Å². The molecule has 21 heavy (non-hydrogen) atoms. The first-order chi connectivity index (χ1) is 10.3. The van der Waals surface area contributed by atoms with Crippen LogP contribution in [0.25, 0.3) is 5.65 Å². The molecule has 0 spiro atoms. The van der Waals surface area contributed by atoms with Crippen molar-refractivity contribution in [2.24, 2.45) is 0 Å². The third-order valence-electron chi connectivity index (χ3n) is 3.70. The van der Waals surface area contributed by atoms with Gasteiger partial charge in [0.05, 0.1) is 4.47 Å². The van der Waals surface area contributed by atoms with Crippen molar-refractivity contribution in [3.8, 4) is 0 Å². The van der Waals surface area contributed by atoms with Gasteiger partial charge in [-0.05, 0) is 58.2 Å². The van der Waals surface area contributed by atoms with Gasteiger partial charge in [0.2, 0.25) is 5.95 Å². The summed E-state index contributed by atoms with van der Waals surface area (Å²) in [6.07, 6.45) is 2.91. The highest BCUT2D eigenvalue weighted by molar-refractivity contribution is 9.10. The Bertz CT molecular complexity index is 811. The Balaban J connectivity index is 1.73. The smallest absolute Gasteiger partial charge is 0.247 e. The van der Waals surface area contributed by atoms with E-state index in [1.54, 1.807) is 4.52 Å². The van der Waals surface area contributed by atoms with Crippen molar-refractivity contribution in [2.75, 3.05) is 11.9 Å². The van der Waals surface area contributed by atoms with Gasteiger partial charge in [-0.15, -0.1) is 5.10 Å². The van der Waals surface area contributed by atoms with E-state index in [0.29, 0.717) is 5.95 Å². The first-order valence-electron chi connectivity index (χ1n) is 6.91. The fraction of sp³-hybridized carbons (Fsp3) is 0.200. The molecule has 0 aliphatic carbocycles. The van der Waals surface area contributed by atoms with Crippen molar-refractivity contribution in [2.45, 2.75) is 13.0 Å². The first kappa shape index (κ1) is 12.8. The van der Waals surface area contributed by atoms with Crippen LogP contribution in [0.4, 0.5) is 11.6 Å². The third kappa shape index (κ3) is 2.30. The van der Waals surface area contributed by atoms with Crippen molar-refractivity contribution in [3.63, 3.8) is 0 Å². The number of aromatic nitrogens is 3. The lowest BCUT2D eigenvalue weighted by molar-refractivity contribution is 0.645. The summed E-state index contributed by atoms with van der Waals surface area (Å²) in [5.41, 5.74) is 4.61. The number of hydrogen-bond acceptors (Lipinski definition) is 4. The average Bonchev–Trinajstić information content (AvgIpc) is 2.92. The van der Waals surface area contributed by atoms with Gasteiger partial charge in [-0.1, -0.05) is 12.1 Å². The number of rotatable bonds is 2. The van der Waals surface area contributed by atoms with Crippen LogP contribution in [0.3, 0.4) is 0 Å². The maximum absolute atomic E-state index is 4.53. The quantitative estimate of drug-likeness (QED) is 0.751. The molecule has 0 atom stereocenters. The standard InChI is InChI=1S/C15H14BrN5/c16-12-4-2-8-21-14(12)19-15(20-21)18-13-5-1-3-10-9-17-7-6-11(10)13/h1-5,8,17H,6-7,9H2,(H,18,20). The van der Waals surface area contributed by atoms with Crippen molar-refractivity contribution in [1.82, 2.24) is 19.9 Å². The molecule has 5 nitrogen and oxygen atoms in total. The second-order valence-corrected chi connectivity index (χ2v) is 5.91. The summed E-state index contributed by atoms with van der Waals surface area (Å²) in [6.45, 7) is 1.94. The van der Waals surface area contributed by atoms with E-state index >= 15 is 0 Å². The van der Waals surface area contributed by atoms with Gasteiger partial charge in [0.25, 0.3) is 0 Å². The van der Waals surface area contributed by atoms with Crippen LogP contribution < -0.4 is 10.6 Å². The Kier molecular flexibility index (Phi) is 3.12. The van der Waals surface area contributed by atoms with Crippen molar-refractivity contribution in [3.05, 3.63) is 52.1 Å². The van der Waals surface area contributed by atoms with Crippen LogP contribution in [0, 0.1) is 0 Å². The van der Waals surface area contributed by atoms with Gasteiger partial charge in [-0.25, -0.2) is 4.52 Å². The highest BCUT2D eigenvalue weighted by atomic mass is 79.9. The molecule has 0 amide bonds. The Morgan fingerprint density at radius 3 is 3.10 bits per heavy atom. The Morgan fingerprint density at radius 2 is 2.19 bits per heavy atom. The molecule has 6 heteroatoms. The van der Waals surface area contributed by atoms with Crippen LogP contribution in [0.2, 0.25) is 0 Å². The SMILES string of the molecule is Brc1cccn2nc(Nc3cccc4c3CCNC4)nc12. The summed E-state index contributed by atoms with van der Waals surface area (Å²) in [4.78, 5) is 4.53. The zero-order chi connectivity index (χ0) is 14.2. The molecule has 106 valence electrons. The van der Waals surface area contributed by atoms with Gasteiger partial charge < -0.3 is 10.6 Å². The molecule has 3 aromatic rings. The predicted octanol–water partition coefficient (Wildman–Crippen LogP) is 2.88. The summed E-state index contributed by atoms with van der Waals surface area (Å²) in [6, 6.07) is 10.2. The Labute approximate surface area is 130 Å². The van der Waals surface area contributed by atoms with Crippen LogP contribution in [-0.4, -0.2) is 21.1 Å². The fourth-order valence-corrected chi connectivity index (χ4v) is 3.12. The molecule has 0 fully saturated rings. The first-order valence-corrected chi connectivity index (χ1v) is 7.70. The Morgan fingerprint density at radius 1 is 1.24 bits per heavy atom. The number of benzene rings is 1. The molecule has 0 radical (unpaired) electrons. The molecule has 0 unspecified atom stereocenters. The van der Waals surface area contributed by atoms with E-state index in [9.17, 15) is 0 Å². The molecule has 1 aromatic carbocycles. The van der Waals surface area contributed by atoms with Crippen LogP contribution >= 0.6 is 15.9 Å². The molecular formula is C15H14BrN5. The highest BCUT2D eigenvalue weighted by Gasteiger charge is 2.14. The van der Waals surface area contributed by atoms with E-state index in [0.717, 1.165) is 35.3 Å². The second kappa shape index (κ2) is 5.13. The molecule has 0 saturated carbocycles. The normalized spacial score (nSPS) is 14.1. The molecule has 1 aliphatic heterocycles. The molecule has 0 saturated heterocycles. The monoisotopic (exact) mass is 343 g/mol. The number of nitrogens with zero attached hydrogens (tertiary/aromatic N) is 3. The average molecular weight is 344 g/mol. The Hall–Kier alpha value is -1.92. The van der Waals surface area contributed by atoms with Gasteiger partial charge in [0, 0.05) is 18.4 Å². The highest BCUT2D eigenvalue weighted by Crippen LogP contribution is 2.26. The van der Waals surface area contributed by atoms with E-state index in [2.05, 4.69) is 54.8 Å². The van der Waals surface area contributed by atoms with E-state index in [4.69, 9.17) is 0 Å². The number of fused-ring (bicyclic) bond motifs is 2. The molecule has 3 heterocycles. The molecule has 2 N–H and O–H groups in total. The number of anilines is 2. The zero-order valence-electron chi connectivity index (χ0n) is 11.3. The lowest BCUT2D eigenvalue weighted by Gasteiger charge is -2.20. The summed E-state index contributed by atoms with van der Waals surface area (Å²) < 4.78 is 2.70. The summed E-state index contributed by atoms with van der Waals surface area (Å²) in [5, 5.41) is 11.2. The van der Waals surface area contributed by atoms with Gasteiger partial charge in [-0.2, -0.15) is 4.98 Å². The molecule has 1 aliphatic rings. The van der Waals surface area contributed by atoms with Gasteiger partial charge in [-0.3, -0.25) is 0 Å². The van der Waals surface area contributed by atoms with Crippen LogP contribution in [0.5, 0.6) is 0 Å². The van der Waals surface area contributed by atoms with E-state index in [-0.39, 0.29) is 0 Å². The second-order valence-electron chi connectivity index (χ2n) is 5.05. The van der Waals surface area contributed by atoms with Gasteiger partial charge in [0.15, 0.2) is 5.65 Å². The number of pyridine rings is 1. The minimum atomic E-state index is 0.619. The molecule has 4 rings (SSSR count). The zero-order valence-corrected chi connectivity index (χ0v) is 12.9. The topological polar surface area (TPSA) is 54.2 Å². The number of halogens is 1. The summed E-state index contributed by atoms with van der Waals surface area (Å²) >= 11 is 3.50. The maximum Gasteiger partial charge on any atom is 0.247 e. The van der Waals surface area contributed by atoms with Crippen LogP contribution in [-0.2, 0) is 13.0 Å². The minimum absolute atomic E-state index is 0.619. The fourth-order valence-electron chi connectivity index (χ4n) is 2.70. The molecular weight excluding hydrogens is 330 g/mol. The molecule has 0 bridgehead atoms. The van der Waals surface area contributed by atoms with E-state index in [1.165, 1.54) is 11.1 Å². The lowest BCUT2D eigenvalue weighted by atomic mass is 9.99. The van der Waals surface area contributed by atoms with Crippen molar-refractivity contribution < 1.29 is 0 Å². The van der Waals surface area contributed by atoms with Gasteiger partial charge >= 0.3 is 0 Å². The predicted molar refractivity (Wildman–Crippen MR) is 85.8 cm³/mol. The van der Waals surface area contributed by atoms with E-state index < -0.39 is 0 Å². The van der Waals surface area contributed by atoms with Crippen molar-refractivity contribution >= 4 is 33.2 Å². The number of hydrogen-bond donors (Lipinski definition) is 2.